The van der Waals surface area contributed by atoms with Crippen LogP contribution in [0.25, 0.3) is 11.0 Å². The molecule has 2 aliphatic rings. The Morgan fingerprint density at radius 3 is 2.61 bits per heavy atom. The third-order valence-corrected chi connectivity index (χ3v) is 6.37. The molecule has 0 spiro atoms. The van der Waals surface area contributed by atoms with E-state index in [1.54, 1.807) is 19.2 Å². The second-order valence-corrected chi connectivity index (χ2v) is 8.31. The molecule has 1 saturated heterocycles. The third kappa shape index (κ3) is 3.16. The molecule has 1 unspecified atom stereocenters. The van der Waals surface area contributed by atoms with Crippen LogP contribution >= 0.6 is 0 Å². The van der Waals surface area contributed by atoms with Gasteiger partial charge in [0.05, 0.1) is 5.52 Å². The molecule has 148 valence electrons. The minimum atomic E-state index is -0.291. The maximum absolute atomic E-state index is 12.5. The molecule has 0 aromatic carbocycles. The lowest BCUT2D eigenvalue weighted by Gasteiger charge is -2.48. The third-order valence-electron chi connectivity index (χ3n) is 6.37. The fourth-order valence-electron chi connectivity index (χ4n) is 4.70. The Morgan fingerprint density at radius 1 is 1.21 bits per heavy atom. The van der Waals surface area contributed by atoms with E-state index >= 15 is 0 Å². The molecule has 0 amide bonds. The van der Waals surface area contributed by atoms with E-state index in [1.807, 2.05) is 0 Å². The van der Waals surface area contributed by atoms with E-state index in [1.165, 1.54) is 23.8 Å². The number of pyridine rings is 1. The van der Waals surface area contributed by atoms with Crippen molar-refractivity contribution in [2.75, 3.05) is 18.0 Å². The number of nitriles is 1. The smallest absolute Gasteiger partial charge is 0.349 e. The van der Waals surface area contributed by atoms with Crippen LogP contribution in [-0.4, -0.2) is 50.7 Å². The maximum Gasteiger partial charge on any atom is 0.349 e. The summed E-state index contributed by atoms with van der Waals surface area (Å²) in [6.07, 6.45) is 3.88. The average molecular weight is 380 g/mol. The molecule has 0 radical (unpaired) electrons. The van der Waals surface area contributed by atoms with Crippen molar-refractivity contribution in [1.82, 2.24) is 19.4 Å². The Morgan fingerprint density at radius 2 is 1.96 bits per heavy atom. The van der Waals surface area contributed by atoms with Gasteiger partial charge in [-0.2, -0.15) is 10.2 Å². The van der Waals surface area contributed by atoms with Crippen molar-refractivity contribution < 1.29 is 0 Å². The summed E-state index contributed by atoms with van der Waals surface area (Å²) in [5, 5.41) is 9.28. The van der Waals surface area contributed by atoms with E-state index < -0.39 is 0 Å². The van der Waals surface area contributed by atoms with Gasteiger partial charge < -0.3 is 4.90 Å². The van der Waals surface area contributed by atoms with Crippen LogP contribution in [0.5, 0.6) is 0 Å². The van der Waals surface area contributed by atoms with Gasteiger partial charge in [-0.1, -0.05) is 6.92 Å². The predicted octanol–water partition coefficient (Wildman–Crippen LogP) is 2.29. The van der Waals surface area contributed by atoms with Gasteiger partial charge in [-0.15, -0.1) is 0 Å². The molecular formula is C21H28N6O. The molecule has 4 rings (SSSR count). The average Bonchev–Trinajstić information content (AvgIpc) is 3.52. The molecule has 3 heterocycles. The van der Waals surface area contributed by atoms with Gasteiger partial charge in [0.25, 0.3) is 0 Å². The van der Waals surface area contributed by atoms with Crippen molar-refractivity contribution in [3.8, 4) is 6.07 Å². The first kappa shape index (κ1) is 18.9. The number of hydrogen-bond donors (Lipinski definition) is 0. The van der Waals surface area contributed by atoms with E-state index in [-0.39, 0.29) is 11.7 Å². The van der Waals surface area contributed by atoms with Gasteiger partial charge in [0.2, 0.25) is 0 Å². The van der Waals surface area contributed by atoms with Crippen LogP contribution in [0.15, 0.2) is 16.9 Å². The van der Waals surface area contributed by atoms with Crippen molar-refractivity contribution in [3.05, 3.63) is 28.3 Å². The van der Waals surface area contributed by atoms with Crippen LogP contribution in [0.3, 0.4) is 0 Å². The first-order valence-corrected chi connectivity index (χ1v) is 10.2. The zero-order valence-electron chi connectivity index (χ0n) is 17.1. The van der Waals surface area contributed by atoms with E-state index in [2.05, 4.69) is 46.6 Å². The summed E-state index contributed by atoms with van der Waals surface area (Å²) < 4.78 is 1.50. The summed E-state index contributed by atoms with van der Waals surface area (Å²) in [4.78, 5) is 26.2. The largest absolute Gasteiger partial charge is 0.349 e. The number of aryl methyl sites for hydroxylation is 1. The second-order valence-electron chi connectivity index (χ2n) is 8.31. The number of anilines is 1. The summed E-state index contributed by atoms with van der Waals surface area (Å²) >= 11 is 0. The van der Waals surface area contributed by atoms with E-state index in [4.69, 9.17) is 0 Å². The zero-order chi connectivity index (χ0) is 20.0. The lowest BCUT2D eigenvalue weighted by Crippen LogP contribution is -2.60. The molecule has 1 aliphatic carbocycles. The van der Waals surface area contributed by atoms with Crippen molar-refractivity contribution in [3.63, 3.8) is 0 Å². The lowest BCUT2D eigenvalue weighted by molar-refractivity contribution is 0.0938. The standard InChI is InChI=1S/C21H28N6O/c1-5-17(15-6-7-15)26-11-14(3)27(12-13(26)2)20-19-18(25(4)21(28)24-20)9-8-16(10-22)23-19/h8-9,13-15,17H,5-7,11-12H2,1-4H3/t13-,14+,17?/m1/s1. The number of hydrogen-bond acceptors (Lipinski definition) is 6. The molecule has 7 heteroatoms. The van der Waals surface area contributed by atoms with Crippen LogP contribution in [0, 0.1) is 17.2 Å². The number of nitrogens with zero attached hydrogens (tertiary/aromatic N) is 6. The quantitative estimate of drug-likeness (QED) is 0.810. The fraction of sp³-hybridized carbons (Fsp3) is 0.619. The monoisotopic (exact) mass is 380 g/mol. The highest BCUT2D eigenvalue weighted by Gasteiger charge is 2.40. The SMILES string of the molecule is CCC(C1CC1)N1C[C@H](C)N(c2nc(=O)n(C)c3ccc(C#N)nc23)C[C@H]1C. The predicted molar refractivity (Wildman–Crippen MR) is 109 cm³/mol. The van der Waals surface area contributed by atoms with Gasteiger partial charge in [0, 0.05) is 38.3 Å². The first-order valence-electron chi connectivity index (χ1n) is 10.2. The zero-order valence-corrected chi connectivity index (χ0v) is 17.1. The first-order chi connectivity index (χ1) is 13.4. The van der Waals surface area contributed by atoms with E-state index in [0.717, 1.165) is 19.0 Å². The topological polar surface area (TPSA) is 78.0 Å². The molecule has 1 saturated carbocycles. The van der Waals surface area contributed by atoms with Gasteiger partial charge in [-0.25, -0.2) is 9.78 Å². The van der Waals surface area contributed by atoms with Gasteiger partial charge in [0.15, 0.2) is 5.82 Å². The van der Waals surface area contributed by atoms with Gasteiger partial charge >= 0.3 is 5.69 Å². The van der Waals surface area contributed by atoms with Crippen LogP contribution < -0.4 is 10.6 Å². The van der Waals surface area contributed by atoms with Gasteiger partial charge in [-0.05, 0) is 51.2 Å². The Labute approximate surface area is 165 Å². The molecule has 3 atom stereocenters. The molecule has 2 aromatic rings. The van der Waals surface area contributed by atoms with Crippen LogP contribution in [0.4, 0.5) is 5.82 Å². The number of piperazine rings is 1. The van der Waals surface area contributed by atoms with E-state index in [0.29, 0.717) is 34.6 Å². The molecule has 2 aromatic heterocycles. The molecule has 7 nitrogen and oxygen atoms in total. The van der Waals surface area contributed by atoms with Gasteiger partial charge in [-0.3, -0.25) is 9.47 Å². The van der Waals surface area contributed by atoms with Crippen LogP contribution in [-0.2, 0) is 7.05 Å². The van der Waals surface area contributed by atoms with E-state index in [9.17, 15) is 10.1 Å². The van der Waals surface area contributed by atoms with Crippen molar-refractivity contribution >= 4 is 16.9 Å². The van der Waals surface area contributed by atoms with Crippen molar-refractivity contribution in [1.29, 1.82) is 5.26 Å². The lowest BCUT2D eigenvalue weighted by atomic mass is 10.0. The minimum absolute atomic E-state index is 0.222. The second kappa shape index (κ2) is 7.17. The Bertz CT molecular complexity index is 989. The Balaban J connectivity index is 1.73. The molecular weight excluding hydrogens is 352 g/mol. The Hall–Kier alpha value is -2.46. The van der Waals surface area contributed by atoms with Crippen LogP contribution in [0.1, 0.15) is 45.7 Å². The summed E-state index contributed by atoms with van der Waals surface area (Å²) in [5.41, 5.74) is 1.39. The number of fused-ring (bicyclic) bond motifs is 1. The summed E-state index contributed by atoms with van der Waals surface area (Å²) in [6, 6.07) is 6.79. The van der Waals surface area contributed by atoms with Crippen LogP contribution in [0.2, 0.25) is 0 Å². The van der Waals surface area contributed by atoms with Crippen molar-refractivity contribution in [2.45, 2.75) is 58.2 Å². The minimum Gasteiger partial charge on any atom is -0.349 e. The highest BCUT2D eigenvalue weighted by Crippen LogP contribution is 2.39. The summed E-state index contributed by atoms with van der Waals surface area (Å²) in [5.74, 6) is 1.45. The van der Waals surface area contributed by atoms with Gasteiger partial charge in [0.1, 0.15) is 17.3 Å². The molecule has 28 heavy (non-hydrogen) atoms. The Kier molecular flexibility index (Phi) is 4.84. The highest BCUT2D eigenvalue weighted by molar-refractivity contribution is 5.86. The van der Waals surface area contributed by atoms with Crippen molar-refractivity contribution in [2.24, 2.45) is 13.0 Å². The molecule has 2 fully saturated rings. The summed E-state index contributed by atoms with van der Waals surface area (Å²) in [7, 11) is 1.70. The summed E-state index contributed by atoms with van der Waals surface area (Å²) in [6.45, 7) is 8.50. The fourth-order valence-corrected chi connectivity index (χ4v) is 4.70. The number of rotatable bonds is 4. The highest BCUT2D eigenvalue weighted by atomic mass is 16.1. The molecule has 0 bridgehead atoms. The number of aromatic nitrogens is 3. The molecule has 1 aliphatic heterocycles. The molecule has 0 N–H and O–H groups in total. The maximum atomic E-state index is 12.5. The normalized spacial score (nSPS) is 24.3.